The first-order valence-electron chi connectivity index (χ1n) is 20.9. The number of aromatic nitrogens is 7. The van der Waals surface area contributed by atoms with Gasteiger partial charge in [0, 0.05) is 61.9 Å². The molecular weight excluding hydrogens is 771 g/mol. The molecule has 0 aliphatic rings. The molecule has 7 heteroatoms. The van der Waals surface area contributed by atoms with Crippen LogP contribution in [0.3, 0.4) is 0 Å². The number of para-hydroxylation sites is 2. The Morgan fingerprint density at radius 3 is 1.56 bits per heavy atom. The van der Waals surface area contributed by atoms with Gasteiger partial charge in [-0.05, 0) is 77.9 Å². The SMILES string of the molecule is c1ccc(-c2nc(-c3ccc(-c4ccc5cc(-c6ccc7ccc(-c8ncccn8)nc7c6)ccc5n4)cc3)cc(-c3ccc(-n4c5ccccc5c5ccccc54)cc3)n2)cc1. The van der Waals surface area contributed by atoms with E-state index >= 15 is 0 Å². The summed E-state index contributed by atoms with van der Waals surface area (Å²) in [6.07, 6.45) is 3.47. The highest BCUT2D eigenvalue weighted by atomic mass is 15.0. The Morgan fingerprint density at radius 2 is 0.841 bits per heavy atom. The van der Waals surface area contributed by atoms with Gasteiger partial charge in [-0.25, -0.2) is 29.9 Å². The number of fused-ring (bicyclic) bond motifs is 5. The Balaban J connectivity index is 0.846. The third kappa shape index (κ3) is 6.65. The van der Waals surface area contributed by atoms with Gasteiger partial charge in [-0.3, -0.25) is 0 Å². The van der Waals surface area contributed by atoms with E-state index in [-0.39, 0.29) is 0 Å². The number of benzene rings is 7. The zero-order valence-electron chi connectivity index (χ0n) is 33.8. The molecular formula is C56H35N7. The predicted octanol–water partition coefficient (Wildman–Crippen LogP) is 13.5. The van der Waals surface area contributed by atoms with Crippen molar-refractivity contribution >= 4 is 43.6 Å². The van der Waals surface area contributed by atoms with Crippen LogP contribution in [0.25, 0.3) is 117 Å². The van der Waals surface area contributed by atoms with Crippen molar-refractivity contribution in [3.05, 3.63) is 213 Å². The summed E-state index contributed by atoms with van der Waals surface area (Å²) in [7, 11) is 0. The van der Waals surface area contributed by atoms with E-state index in [1.54, 1.807) is 12.4 Å². The van der Waals surface area contributed by atoms with Crippen molar-refractivity contribution in [1.29, 1.82) is 0 Å². The first-order valence-corrected chi connectivity index (χ1v) is 20.9. The molecule has 0 radical (unpaired) electrons. The van der Waals surface area contributed by atoms with Crippen LogP contribution in [0.1, 0.15) is 0 Å². The van der Waals surface area contributed by atoms with Crippen LogP contribution >= 0.6 is 0 Å². The molecule has 12 rings (SSSR count). The molecule has 12 aromatic rings. The Hall–Kier alpha value is -8.68. The topological polar surface area (TPSA) is 82.3 Å². The second-order valence-electron chi connectivity index (χ2n) is 15.6. The molecule has 0 aliphatic heterocycles. The normalized spacial score (nSPS) is 11.5. The molecule has 0 aliphatic carbocycles. The van der Waals surface area contributed by atoms with Gasteiger partial charge in [-0.2, -0.15) is 0 Å². The summed E-state index contributed by atoms with van der Waals surface area (Å²) in [6.45, 7) is 0. The van der Waals surface area contributed by atoms with Gasteiger partial charge in [0.15, 0.2) is 11.6 Å². The minimum absolute atomic E-state index is 0.613. The van der Waals surface area contributed by atoms with Gasteiger partial charge in [0.1, 0.15) is 5.69 Å². The fraction of sp³-hybridized carbons (Fsp3) is 0. The van der Waals surface area contributed by atoms with E-state index in [1.807, 2.05) is 30.3 Å². The molecule has 0 atom stereocenters. The molecule has 63 heavy (non-hydrogen) atoms. The highest BCUT2D eigenvalue weighted by molar-refractivity contribution is 6.09. The second kappa shape index (κ2) is 15.1. The van der Waals surface area contributed by atoms with Crippen molar-refractivity contribution in [3.63, 3.8) is 0 Å². The lowest BCUT2D eigenvalue weighted by molar-refractivity contribution is 1.15. The highest BCUT2D eigenvalue weighted by Crippen LogP contribution is 2.35. The maximum Gasteiger partial charge on any atom is 0.178 e. The molecule has 0 N–H and O–H groups in total. The van der Waals surface area contributed by atoms with E-state index in [2.05, 4.69) is 184 Å². The number of nitrogens with zero attached hydrogens (tertiary/aromatic N) is 7. The third-order valence-electron chi connectivity index (χ3n) is 11.7. The lowest BCUT2D eigenvalue weighted by Crippen LogP contribution is -1.97. The van der Waals surface area contributed by atoms with Crippen molar-refractivity contribution in [2.45, 2.75) is 0 Å². The molecule has 0 amide bonds. The molecule has 7 nitrogen and oxygen atoms in total. The summed E-state index contributed by atoms with van der Waals surface area (Å²) in [4.78, 5) is 28.9. The first-order chi connectivity index (χ1) is 31.2. The maximum absolute atomic E-state index is 5.10. The molecule has 294 valence electrons. The summed E-state index contributed by atoms with van der Waals surface area (Å²) >= 11 is 0. The summed E-state index contributed by atoms with van der Waals surface area (Å²) in [5, 5.41) is 4.62. The van der Waals surface area contributed by atoms with E-state index in [0.717, 1.165) is 83.6 Å². The molecule has 0 unspecified atom stereocenters. The van der Waals surface area contributed by atoms with Crippen LogP contribution in [0.4, 0.5) is 0 Å². The van der Waals surface area contributed by atoms with Crippen molar-refractivity contribution in [2.75, 3.05) is 0 Å². The van der Waals surface area contributed by atoms with Crippen LogP contribution < -0.4 is 0 Å². The van der Waals surface area contributed by atoms with Gasteiger partial charge in [-0.15, -0.1) is 0 Å². The third-order valence-corrected chi connectivity index (χ3v) is 11.7. The number of pyridine rings is 2. The van der Waals surface area contributed by atoms with Gasteiger partial charge >= 0.3 is 0 Å². The van der Waals surface area contributed by atoms with Gasteiger partial charge in [-0.1, -0.05) is 133 Å². The van der Waals surface area contributed by atoms with Crippen LogP contribution in [0.15, 0.2) is 213 Å². The lowest BCUT2D eigenvalue weighted by atomic mass is 10.0. The number of hydrogen-bond acceptors (Lipinski definition) is 6. The summed E-state index contributed by atoms with van der Waals surface area (Å²) < 4.78 is 2.33. The quantitative estimate of drug-likeness (QED) is 0.160. The lowest BCUT2D eigenvalue weighted by Gasteiger charge is -2.12. The number of rotatable bonds is 7. The Morgan fingerprint density at radius 1 is 0.302 bits per heavy atom. The molecule has 0 saturated heterocycles. The zero-order valence-corrected chi connectivity index (χ0v) is 33.8. The largest absolute Gasteiger partial charge is 0.309 e. The summed E-state index contributed by atoms with van der Waals surface area (Å²) in [6, 6.07) is 69.5. The molecule has 5 aromatic heterocycles. The van der Waals surface area contributed by atoms with E-state index in [4.69, 9.17) is 19.9 Å². The minimum atomic E-state index is 0.613. The van der Waals surface area contributed by atoms with Crippen LogP contribution in [0.5, 0.6) is 0 Å². The fourth-order valence-electron chi connectivity index (χ4n) is 8.57. The average molecular weight is 806 g/mol. The standard InChI is InChI=1S/C56H35N7/c1-2-9-40(10-3-1)55-61-51(35-52(62-55)39-21-26-44(27-22-39)63-53-13-6-4-11-45(53)46-12-5-7-14-54(46)63)37-17-15-36(16-18-37)47-29-25-43-33-41(24-28-48(43)59-47)42-20-19-38-23-30-49(60-50(38)34-42)56-57-31-8-32-58-56/h1-35H. The zero-order chi connectivity index (χ0) is 41.7. The van der Waals surface area contributed by atoms with Gasteiger partial charge in [0.25, 0.3) is 0 Å². The molecule has 5 heterocycles. The van der Waals surface area contributed by atoms with Crippen LogP contribution in [0, 0.1) is 0 Å². The molecule has 0 fully saturated rings. The van der Waals surface area contributed by atoms with Crippen molar-refractivity contribution in [1.82, 2.24) is 34.5 Å². The summed E-state index contributed by atoms with van der Waals surface area (Å²) in [5.41, 5.74) is 14.9. The second-order valence-corrected chi connectivity index (χ2v) is 15.6. The molecule has 0 spiro atoms. The monoisotopic (exact) mass is 805 g/mol. The van der Waals surface area contributed by atoms with E-state index in [0.29, 0.717) is 11.6 Å². The predicted molar refractivity (Wildman–Crippen MR) is 255 cm³/mol. The van der Waals surface area contributed by atoms with Crippen molar-refractivity contribution < 1.29 is 0 Å². The van der Waals surface area contributed by atoms with E-state index < -0.39 is 0 Å². The minimum Gasteiger partial charge on any atom is -0.309 e. The molecule has 0 bridgehead atoms. The Bertz CT molecular complexity index is 3610. The smallest absolute Gasteiger partial charge is 0.178 e. The maximum atomic E-state index is 5.10. The van der Waals surface area contributed by atoms with E-state index in [1.165, 1.54) is 21.8 Å². The molecule has 7 aromatic carbocycles. The van der Waals surface area contributed by atoms with Gasteiger partial charge < -0.3 is 4.57 Å². The highest BCUT2D eigenvalue weighted by Gasteiger charge is 2.15. The van der Waals surface area contributed by atoms with Crippen LogP contribution in [-0.4, -0.2) is 34.5 Å². The first kappa shape index (κ1) is 36.2. The van der Waals surface area contributed by atoms with E-state index in [9.17, 15) is 0 Å². The van der Waals surface area contributed by atoms with Crippen molar-refractivity contribution in [3.8, 4) is 73.5 Å². The molecule has 0 saturated carbocycles. The summed E-state index contributed by atoms with van der Waals surface area (Å²) in [5.74, 6) is 1.29. The number of hydrogen-bond donors (Lipinski definition) is 0. The average Bonchev–Trinajstić information content (AvgIpc) is 3.70. The Labute approximate surface area is 362 Å². The van der Waals surface area contributed by atoms with Gasteiger partial charge in [0.2, 0.25) is 0 Å². The van der Waals surface area contributed by atoms with Crippen molar-refractivity contribution in [2.24, 2.45) is 0 Å². The fourth-order valence-corrected chi connectivity index (χ4v) is 8.57. The van der Waals surface area contributed by atoms with Crippen LogP contribution in [0.2, 0.25) is 0 Å². The van der Waals surface area contributed by atoms with Crippen LogP contribution in [-0.2, 0) is 0 Å². The van der Waals surface area contributed by atoms with Gasteiger partial charge in [0.05, 0.1) is 39.1 Å². The Kier molecular flexibility index (Phi) is 8.67.